The molecule has 0 heterocycles. The number of rotatable bonds is 2. The maximum atomic E-state index is 12.5. The highest BCUT2D eigenvalue weighted by atomic mass is 79.9. The van der Waals surface area contributed by atoms with Crippen molar-refractivity contribution >= 4 is 33.2 Å². The lowest BCUT2D eigenvalue weighted by atomic mass is 10.1. The van der Waals surface area contributed by atoms with Gasteiger partial charge in [0, 0.05) is 22.9 Å². The number of hydrogen-bond acceptors (Lipinski definition) is 3. The van der Waals surface area contributed by atoms with E-state index in [4.69, 9.17) is 11.0 Å². The number of benzene rings is 2. The van der Waals surface area contributed by atoms with E-state index in [0.29, 0.717) is 27.0 Å². The number of nitrogen functional groups attached to an aromatic ring is 1. The van der Waals surface area contributed by atoms with E-state index in [0.717, 1.165) is 0 Å². The smallest absolute Gasteiger partial charge is 0.259 e. The van der Waals surface area contributed by atoms with E-state index in [2.05, 4.69) is 22.0 Å². The number of halogens is 1. The molecule has 0 aliphatic carbocycles. The molecule has 2 N–H and O–H groups in total. The first kappa shape index (κ1) is 14.1. The van der Waals surface area contributed by atoms with Gasteiger partial charge in [-0.1, -0.05) is 6.07 Å². The Balaban J connectivity index is 2.37. The van der Waals surface area contributed by atoms with Gasteiger partial charge >= 0.3 is 0 Å². The van der Waals surface area contributed by atoms with Crippen molar-refractivity contribution in [1.82, 2.24) is 0 Å². The van der Waals surface area contributed by atoms with Crippen molar-refractivity contribution < 1.29 is 4.79 Å². The first-order valence-electron chi connectivity index (χ1n) is 5.86. The molecule has 0 saturated heterocycles. The van der Waals surface area contributed by atoms with Gasteiger partial charge in [0.15, 0.2) is 0 Å². The average molecular weight is 330 g/mol. The summed E-state index contributed by atoms with van der Waals surface area (Å²) in [5.74, 6) is -0.195. The molecule has 0 fully saturated rings. The van der Waals surface area contributed by atoms with E-state index >= 15 is 0 Å². The molecule has 0 unspecified atom stereocenters. The predicted molar refractivity (Wildman–Crippen MR) is 82.4 cm³/mol. The summed E-state index contributed by atoms with van der Waals surface area (Å²) in [5.41, 5.74) is 7.88. The maximum absolute atomic E-state index is 12.5. The van der Waals surface area contributed by atoms with E-state index in [1.165, 1.54) is 4.90 Å². The lowest BCUT2D eigenvalue weighted by Gasteiger charge is -2.18. The van der Waals surface area contributed by atoms with Gasteiger partial charge in [-0.25, -0.2) is 0 Å². The normalized spacial score (nSPS) is 9.85. The SMILES string of the molecule is CN(C(=O)c1cc(N)ccc1Br)c1cccc(C#N)c1. The number of anilines is 2. The summed E-state index contributed by atoms with van der Waals surface area (Å²) in [5, 5.41) is 8.90. The van der Waals surface area contributed by atoms with Gasteiger partial charge in [-0.2, -0.15) is 5.26 Å². The topological polar surface area (TPSA) is 70.1 Å². The number of nitriles is 1. The fraction of sp³-hybridized carbons (Fsp3) is 0.0667. The Morgan fingerprint density at radius 2 is 2.05 bits per heavy atom. The van der Waals surface area contributed by atoms with Crippen LogP contribution >= 0.6 is 15.9 Å². The molecule has 2 aromatic carbocycles. The van der Waals surface area contributed by atoms with Crippen molar-refractivity contribution in [1.29, 1.82) is 5.26 Å². The van der Waals surface area contributed by atoms with Crippen LogP contribution in [0.2, 0.25) is 0 Å². The Labute approximate surface area is 125 Å². The third-order valence-corrected chi connectivity index (χ3v) is 3.58. The molecule has 0 aliphatic heterocycles. The first-order chi connectivity index (χ1) is 9.52. The molecule has 0 atom stereocenters. The van der Waals surface area contributed by atoms with Gasteiger partial charge in [0.05, 0.1) is 17.2 Å². The highest BCUT2D eigenvalue weighted by molar-refractivity contribution is 9.10. The van der Waals surface area contributed by atoms with Crippen LogP contribution in [0, 0.1) is 11.3 Å². The number of carbonyl (C=O) groups is 1. The minimum atomic E-state index is -0.195. The fourth-order valence-electron chi connectivity index (χ4n) is 1.79. The summed E-state index contributed by atoms with van der Waals surface area (Å²) in [6.07, 6.45) is 0. The number of nitrogens with zero attached hydrogens (tertiary/aromatic N) is 2. The third-order valence-electron chi connectivity index (χ3n) is 2.89. The van der Waals surface area contributed by atoms with Crippen molar-refractivity contribution in [2.75, 3.05) is 17.7 Å². The van der Waals surface area contributed by atoms with Crippen molar-refractivity contribution in [3.05, 3.63) is 58.1 Å². The Kier molecular flexibility index (Phi) is 4.06. The number of nitrogens with two attached hydrogens (primary N) is 1. The summed E-state index contributed by atoms with van der Waals surface area (Å²) < 4.78 is 0.681. The summed E-state index contributed by atoms with van der Waals surface area (Å²) in [6, 6.07) is 14.0. The van der Waals surface area contributed by atoms with Crippen LogP contribution < -0.4 is 10.6 Å². The van der Waals surface area contributed by atoms with Crippen LogP contribution in [0.3, 0.4) is 0 Å². The van der Waals surface area contributed by atoms with Crippen LogP contribution in [-0.4, -0.2) is 13.0 Å². The monoisotopic (exact) mass is 329 g/mol. The molecule has 4 nitrogen and oxygen atoms in total. The number of carbonyl (C=O) groups excluding carboxylic acids is 1. The zero-order chi connectivity index (χ0) is 14.7. The highest BCUT2D eigenvalue weighted by Crippen LogP contribution is 2.23. The second-order valence-electron chi connectivity index (χ2n) is 4.27. The van der Waals surface area contributed by atoms with Crippen molar-refractivity contribution in [3.8, 4) is 6.07 Å². The van der Waals surface area contributed by atoms with Crippen LogP contribution in [0.5, 0.6) is 0 Å². The largest absolute Gasteiger partial charge is 0.399 e. The standard InChI is InChI=1S/C15H12BrN3O/c1-19(12-4-2-3-10(7-12)9-17)15(20)13-8-11(18)5-6-14(13)16/h2-8H,18H2,1H3. The molecule has 0 aliphatic rings. The van der Waals surface area contributed by atoms with Gasteiger partial charge in [0.25, 0.3) is 5.91 Å². The molecule has 100 valence electrons. The van der Waals surface area contributed by atoms with Gasteiger partial charge in [-0.3, -0.25) is 4.79 Å². The molecule has 5 heteroatoms. The molecule has 20 heavy (non-hydrogen) atoms. The van der Waals surface area contributed by atoms with E-state index in [-0.39, 0.29) is 5.91 Å². The number of amides is 1. The van der Waals surface area contributed by atoms with Crippen molar-refractivity contribution in [3.63, 3.8) is 0 Å². The van der Waals surface area contributed by atoms with Crippen LogP contribution in [-0.2, 0) is 0 Å². The second-order valence-corrected chi connectivity index (χ2v) is 5.12. The lowest BCUT2D eigenvalue weighted by molar-refractivity contribution is 0.0992. The molecule has 2 rings (SSSR count). The van der Waals surface area contributed by atoms with Gasteiger partial charge < -0.3 is 10.6 Å². The number of hydrogen-bond donors (Lipinski definition) is 1. The molecule has 0 spiro atoms. The minimum Gasteiger partial charge on any atom is -0.399 e. The zero-order valence-corrected chi connectivity index (χ0v) is 12.4. The summed E-state index contributed by atoms with van der Waals surface area (Å²) in [7, 11) is 1.66. The molecular weight excluding hydrogens is 318 g/mol. The molecule has 0 saturated carbocycles. The Morgan fingerprint density at radius 3 is 2.75 bits per heavy atom. The van der Waals surface area contributed by atoms with Crippen LogP contribution in [0.4, 0.5) is 11.4 Å². The molecular formula is C15H12BrN3O. The zero-order valence-electron chi connectivity index (χ0n) is 10.8. The Bertz CT molecular complexity index is 707. The Morgan fingerprint density at radius 1 is 1.30 bits per heavy atom. The van der Waals surface area contributed by atoms with Gasteiger partial charge in [-0.15, -0.1) is 0 Å². The molecule has 1 amide bonds. The maximum Gasteiger partial charge on any atom is 0.259 e. The molecule has 2 aromatic rings. The molecule has 0 aromatic heterocycles. The van der Waals surface area contributed by atoms with Crippen LogP contribution in [0.25, 0.3) is 0 Å². The predicted octanol–water partition coefficient (Wildman–Crippen LogP) is 3.18. The quantitative estimate of drug-likeness (QED) is 0.860. The Hall–Kier alpha value is -2.32. The fourth-order valence-corrected chi connectivity index (χ4v) is 2.21. The second kappa shape index (κ2) is 5.76. The molecule has 0 bridgehead atoms. The van der Waals surface area contributed by atoms with E-state index in [1.54, 1.807) is 49.5 Å². The first-order valence-corrected chi connectivity index (χ1v) is 6.65. The average Bonchev–Trinajstić information content (AvgIpc) is 2.48. The van der Waals surface area contributed by atoms with E-state index in [1.807, 2.05) is 0 Å². The van der Waals surface area contributed by atoms with Crippen molar-refractivity contribution in [2.45, 2.75) is 0 Å². The third kappa shape index (κ3) is 2.81. The van der Waals surface area contributed by atoms with E-state index < -0.39 is 0 Å². The van der Waals surface area contributed by atoms with Crippen LogP contribution in [0.1, 0.15) is 15.9 Å². The van der Waals surface area contributed by atoms with Crippen molar-refractivity contribution in [2.24, 2.45) is 0 Å². The van der Waals surface area contributed by atoms with Gasteiger partial charge in [-0.05, 0) is 52.3 Å². The molecule has 0 radical (unpaired) electrons. The summed E-state index contributed by atoms with van der Waals surface area (Å²) in [4.78, 5) is 14.0. The summed E-state index contributed by atoms with van der Waals surface area (Å²) in [6.45, 7) is 0. The van der Waals surface area contributed by atoms with Gasteiger partial charge in [0.2, 0.25) is 0 Å². The minimum absolute atomic E-state index is 0.195. The highest BCUT2D eigenvalue weighted by Gasteiger charge is 2.16. The lowest BCUT2D eigenvalue weighted by Crippen LogP contribution is -2.26. The van der Waals surface area contributed by atoms with Crippen LogP contribution in [0.15, 0.2) is 46.9 Å². The summed E-state index contributed by atoms with van der Waals surface area (Å²) >= 11 is 3.34. The van der Waals surface area contributed by atoms with Gasteiger partial charge in [0.1, 0.15) is 0 Å². The van der Waals surface area contributed by atoms with E-state index in [9.17, 15) is 4.79 Å².